The van der Waals surface area contributed by atoms with E-state index >= 15 is 0 Å². The van der Waals surface area contributed by atoms with Gasteiger partial charge in [0, 0.05) is 57.0 Å². The molecule has 7 heteroatoms. The van der Waals surface area contributed by atoms with Gasteiger partial charge in [0.1, 0.15) is 11.5 Å². The second-order valence-corrected chi connectivity index (χ2v) is 6.74. The van der Waals surface area contributed by atoms with Gasteiger partial charge in [-0.2, -0.15) is 5.10 Å². The van der Waals surface area contributed by atoms with E-state index in [4.69, 9.17) is 0 Å². The number of carbonyl (C=O) groups excluding carboxylic acids is 1. The number of amides is 1. The van der Waals surface area contributed by atoms with Gasteiger partial charge < -0.3 is 9.47 Å². The van der Waals surface area contributed by atoms with Gasteiger partial charge in [0.25, 0.3) is 5.91 Å². The third-order valence-corrected chi connectivity index (χ3v) is 4.83. The van der Waals surface area contributed by atoms with Gasteiger partial charge in [-0.05, 0) is 30.5 Å². The molecular formula is C19H22N6O. The first-order valence-corrected chi connectivity index (χ1v) is 8.89. The number of aromatic nitrogens is 5. The molecule has 4 rings (SSSR count). The first-order valence-electron chi connectivity index (χ1n) is 8.89. The molecule has 1 aliphatic rings. The van der Waals surface area contributed by atoms with Crippen molar-refractivity contribution >= 4 is 5.91 Å². The van der Waals surface area contributed by atoms with Crippen LogP contribution in [0, 0.1) is 0 Å². The minimum Gasteiger partial charge on any atom is -0.337 e. The number of likely N-dealkylation sites (tertiary alicyclic amines) is 1. The second-order valence-electron chi connectivity index (χ2n) is 6.74. The van der Waals surface area contributed by atoms with Crippen molar-refractivity contribution in [3.8, 4) is 0 Å². The van der Waals surface area contributed by atoms with Crippen LogP contribution in [0.1, 0.15) is 40.6 Å². The number of carbonyl (C=O) groups is 1. The molecule has 1 aliphatic heterocycles. The molecule has 26 heavy (non-hydrogen) atoms. The molecule has 3 aromatic rings. The maximum atomic E-state index is 12.7. The van der Waals surface area contributed by atoms with E-state index in [1.165, 1.54) is 0 Å². The summed E-state index contributed by atoms with van der Waals surface area (Å²) in [7, 11) is 1.82. The van der Waals surface area contributed by atoms with Crippen molar-refractivity contribution in [2.24, 2.45) is 7.05 Å². The van der Waals surface area contributed by atoms with Crippen molar-refractivity contribution in [2.45, 2.75) is 25.3 Å². The van der Waals surface area contributed by atoms with Crippen molar-refractivity contribution < 1.29 is 4.79 Å². The summed E-state index contributed by atoms with van der Waals surface area (Å²) in [5.74, 6) is 1.27. The lowest BCUT2D eigenvalue weighted by Crippen LogP contribution is -2.40. The summed E-state index contributed by atoms with van der Waals surface area (Å²) in [5.41, 5.74) is 1.65. The zero-order chi connectivity index (χ0) is 17.9. The molecule has 1 saturated heterocycles. The third kappa shape index (κ3) is 3.37. The zero-order valence-corrected chi connectivity index (χ0v) is 14.8. The topological polar surface area (TPSA) is 68.8 Å². The van der Waals surface area contributed by atoms with Gasteiger partial charge in [-0.3, -0.25) is 14.5 Å². The number of nitrogens with zero attached hydrogens (tertiary/aromatic N) is 6. The molecule has 3 aromatic heterocycles. The highest BCUT2D eigenvalue weighted by Crippen LogP contribution is 2.27. The number of pyridine rings is 1. The molecule has 0 bridgehead atoms. The van der Waals surface area contributed by atoms with Crippen molar-refractivity contribution in [3.63, 3.8) is 0 Å². The largest absolute Gasteiger partial charge is 0.337 e. The van der Waals surface area contributed by atoms with Crippen molar-refractivity contribution in [2.75, 3.05) is 13.1 Å². The van der Waals surface area contributed by atoms with Crippen LogP contribution in [-0.2, 0) is 13.6 Å². The SMILES string of the molecule is Cn1ccc(C(=O)N2CCC[C@H](c3nccn3Cc3cccnc3)C2)n1. The van der Waals surface area contributed by atoms with E-state index in [-0.39, 0.29) is 11.8 Å². The lowest BCUT2D eigenvalue weighted by molar-refractivity contribution is 0.0696. The summed E-state index contributed by atoms with van der Waals surface area (Å²) >= 11 is 0. The normalized spacial score (nSPS) is 17.4. The van der Waals surface area contributed by atoms with E-state index in [9.17, 15) is 4.79 Å². The number of piperidine rings is 1. The Hall–Kier alpha value is -2.96. The van der Waals surface area contributed by atoms with Crippen LogP contribution in [0.2, 0.25) is 0 Å². The lowest BCUT2D eigenvalue weighted by atomic mass is 9.96. The zero-order valence-electron chi connectivity index (χ0n) is 14.8. The molecule has 0 saturated carbocycles. The maximum absolute atomic E-state index is 12.7. The van der Waals surface area contributed by atoms with Crippen LogP contribution in [-0.4, -0.2) is 48.2 Å². The fraction of sp³-hybridized carbons (Fsp3) is 0.368. The molecule has 0 N–H and O–H groups in total. The average Bonchev–Trinajstić information content (AvgIpc) is 3.31. The second kappa shape index (κ2) is 7.11. The summed E-state index contributed by atoms with van der Waals surface area (Å²) in [6.07, 6.45) is 11.3. The summed E-state index contributed by atoms with van der Waals surface area (Å²) in [4.78, 5) is 23.4. The van der Waals surface area contributed by atoms with Crippen LogP contribution in [0.4, 0.5) is 0 Å². The van der Waals surface area contributed by atoms with E-state index in [1.807, 2.05) is 36.6 Å². The van der Waals surface area contributed by atoms with Gasteiger partial charge in [0.05, 0.1) is 6.54 Å². The molecule has 0 aliphatic carbocycles. The summed E-state index contributed by atoms with van der Waals surface area (Å²) in [6, 6.07) is 5.78. The number of aryl methyl sites for hydroxylation is 1. The first-order chi connectivity index (χ1) is 12.7. The summed E-state index contributed by atoms with van der Waals surface area (Å²) < 4.78 is 3.83. The Labute approximate surface area is 152 Å². The molecule has 7 nitrogen and oxygen atoms in total. The quantitative estimate of drug-likeness (QED) is 0.722. The summed E-state index contributed by atoms with van der Waals surface area (Å²) in [6.45, 7) is 2.20. The number of imidazole rings is 1. The van der Waals surface area contributed by atoms with Crippen LogP contribution in [0.15, 0.2) is 49.2 Å². The van der Waals surface area contributed by atoms with E-state index < -0.39 is 0 Å². The monoisotopic (exact) mass is 350 g/mol. The lowest BCUT2D eigenvalue weighted by Gasteiger charge is -2.32. The van der Waals surface area contributed by atoms with Crippen molar-refractivity contribution in [1.82, 2.24) is 29.2 Å². The van der Waals surface area contributed by atoms with Gasteiger partial charge in [-0.25, -0.2) is 4.98 Å². The standard InChI is InChI=1S/C19H22N6O/c1-23-10-6-17(22-23)19(26)25-9-3-5-16(14-25)18-21-8-11-24(18)13-15-4-2-7-20-12-15/h2,4,6-8,10-12,16H,3,5,9,13-14H2,1H3/t16-/m0/s1. The molecule has 0 unspecified atom stereocenters. The minimum atomic E-state index is 0.000616. The van der Waals surface area contributed by atoms with Gasteiger partial charge in [-0.15, -0.1) is 0 Å². The van der Waals surface area contributed by atoms with Gasteiger partial charge in [0.2, 0.25) is 0 Å². The van der Waals surface area contributed by atoms with E-state index in [0.29, 0.717) is 12.2 Å². The Balaban J connectivity index is 1.50. The third-order valence-electron chi connectivity index (χ3n) is 4.83. The van der Waals surface area contributed by atoms with E-state index in [1.54, 1.807) is 23.1 Å². The molecule has 1 amide bonds. The Morgan fingerprint density at radius 3 is 2.96 bits per heavy atom. The van der Waals surface area contributed by atoms with Crippen LogP contribution < -0.4 is 0 Å². The Bertz CT molecular complexity index is 884. The maximum Gasteiger partial charge on any atom is 0.274 e. The molecular weight excluding hydrogens is 328 g/mol. The number of rotatable bonds is 4. The van der Waals surface area contributed by atoms with Gasteiger partial charge in [-0.1, -0.05) is 6.07 Å². The molecule has 0 radical (unpaired) electrons. The molecule has 4 heterocycles. The average molecular weight is 350 g/mol. The fourth-order valence-electron chi connectivity index (χ4n) is 3.57. The molecule has 1 atom stereocenters. The first kappa shape index (κ1) is 16.5. The van der Waals surface area contributed by atoms with Crippen LogP contribution in [0.5, 0.6) is 0 Å². The summed E-state index contributed by atoms with van der Waals surface area (Å²) in [5, 5.41) is 4.24. The Kier molecular flexibility index (Phi) is 4.51. The van der Waals surface area contributed by atoms with E-state index in [2.05, 4.69) is 25.7 Å². The molecule has 0 aromatic carbocycles. The highest BCUT2D eigenvalue weighted by Gasteiger charge is 2.28. The Morgan fingerprint density at radius 1 is 1.27 bits per heavy atom. The van der Waals surface area contributed by atoms with Gasteiger partial charge in [0.15, 0.2) is 0 Å². The predicted octanol–water partition coefficient (Wildman–Crippen LogP) is 2.08. The van der Waals surface area contributed by atoms with E-state index in [0.717, 1.165) is 37.3 Å². The number of hydrogen-bond donors (Lipinski definition) is 0. The molecule has 0 spiro atoms. The van der Waals surface area contributed by atoms with Gasteiger partial charge >= 0.3 is 0 Å². The Morgan fingerprint density at radius 2 is 2.19 bits per heavy atom. The predicted molar refractivity (Wildman–Crippen MR) is 96.7 cm³/mol. The number of hydrogen-bond acceptors (Lipinski definition) is 4. The highest BCUT2D eigenvalue weighted by molar-refractivity contribution is 5.92. The smallest absolute Gasteiger partial charge is 0.274 e. The van der Waals surface area contributed by atoms with Crippen LogP contribution >= 0.6 is 0 Å². The molecule has 134 valence electrons. The van der Waals surface area contributed by atoms with Crippen LogP contribution in [0.25, 0.3) is 0 Å². The van der Waals surface area contributed by atoms with Crippen LogP contribution in [0.3, 0.4) is 0 Å². The minimum absolute atomic E-state index is 0.000616. The highest BCUT2D eigenvalue weighted by atomic mass is 16.2. The fourth-order valence-corrected chi connectivity index (χ4v) is 3.57. The van der Waals surface area contributed by atoms with Crippen molar-refractivity contribution in [1.29, 1.82) is 0 Å². The molecule has 1 fully saturated rings. The van der Waals surface area contributed by atoms with Crippen molar-refractivity contribution in [3.05, 3.63) is 66.3 Å².